The van der Waals surface area contributed by atoms with E-state index in [1.54, 1.807) is 44.5 Å². The topological polar surface area (TPSA) is 92.1 Å². The zero-order chi connectivity index (χ0) is 19.8. The zero-order valence-electron chi connectivity index (χ0n) is 15.2. The first-order valence-electron chi connectivity index (χ1n) is 8.36. The molecule has 1 aromatic heterocycles. The Morgan fingerprint density at radius 1 is 1.41 bits per heavy atom. The molecule has 0 aliphatic carbocycles. The molecule has 0 saturated heterocycles. The second kappa shape index (κ2) is 7.53. The zero-order valence-corrected chi connectivity index (χ0v) is 16.8. The first-order chi connectivity index (χ1) is 12.7. The van der Waals surface area contributed by atoms with Crippen LogP contribution in [0.3, 0.4) is 0 Å². The Balaban J connectivity index is 1.99. The molecule has 0 spiro atoms. The molecule has 2 N–H and O–H groups in total. The van der Waals surface area contributed by atoms with Crippen molar-refractivity contribution >= 4 is 29.0 Å². The van der Waals surface area contributed by atoms with E-state index in [-0.39, 0.29) is 13.2 Å². The van der Waals surface area contributed by atoms with Crippen molar-refractivity contribution in [1.29, 1.82) is 0 Å². The summed E-state index contributed by atoms with van der Waals surface area (Å²) in [7, 11) is 0. The molecule has 1 amide bonds. The highest BCUT2D eigenvalue weighted by Crippen LogP contribution is 2.41. The molecular weight excluding hydrogens is 392 g/mol. The van der Waals surface area contributed by atoms with Gasteiger partial charge in [-0.15, -0.1) is 11.3 Å². The standard InChI is InChI=1S/C18H21ClN2O5S/c1-18(2,3)21(17(23)24)12(14(22)16-20-4-5-27-16)7-10-6-11(19)15-13(8-10)25-9-26-15/h4-6,8,12,14,22H,7,9H2,1-3H3,(H,23,24)/t12-,14-/m0/s1. The fraction of sp³-hybridized carbons (Fsp3) is 0.444. The molecule has 0 fully saturated rings. The molecule has 2 atom stereocenters. The number of ether oxygens (including phenoxy) is 2. The monoisotopic (exact) mass is 412 g/mol. The number of aliphatic hydroxyl groups excluding tert-OH is 1. The van der Waals surface area contributed by atoms with E-state index in [0.717, 1.165) is 5.56 Å². The number of nitrogens with zero attached hydrogens (tertiary/aromatic N) is 2. The Bertz CT molecular complexity index is 822. The average molecular weight is 413 g/mol. The molecule has 1 aliphatic heterocycles. The number of amides is 1. The second-order valence-corrected chi connectivity index (χ2v) is 8.55. The van der Waals surface area contributed by atoms with Gasteiger partial charge in [-0.25, -0.2) is 9.78 Å². The van der Waals surface area contributed by atoms with Gasteiger partial charge >= 0.3 is 6.09 Å². The molecule has 0 saturated carbocycles. The minimum absolute atomic E-state index is 0.0902. The Morgan fingerprint density at radius 3 is 2.74 bits per heavy atom. The molecule has 3 rings (SSSR count). The predicted molar refractivity (Wildman–Crippen MR) is 102 cm³/mol. The maximum Gasteiger partial charge on any atom is 0.408 e. The summed E-state index contributed by atoms with van der Waals surface area (Å²) in [5.41, 5.74) is 0.00913. The fourth-order valence-electron chi connectivity index (χ4n) is 3.20. The van der Waals surface area contributed by atoms with Crippen LogP contribution in [0.4, 0.5) is 4.79 Å². The van der Waals surface area contributed by atoms with Gasteiger partial charge in [-0.3, -0.25) is 4.90 Å². The van der Waals surface area contributed by atoms with Crippen molar-refractivity contribution in [3.63, 3.8) is 0 Å². The fourth-order valence-corrected chi connectivity index (χ4v) is 4.16. The molecular formula is C18H21ClN2O5S. The van der Waals surface area contributed by atoms with Crippen molar-refractivity contribution in [2.45, 2.75) is 44.9 Å². The number of aliphatic hydroxyl groups is 1. The van der Waals surface area contributed by atoms with Crippen molar-refractivity contribution in [2.75, 3.05) is 6.79 Å². The summed E-state index contributed by atoms with van der Waals surface area (Å²) in [4.78, 5) is 17.5. The van der Waals surface area contributed by atoms with E-state index >= 15 is 0 Å². The summed E-state index contributed by atoms with van der Waals surface area (Å²) in [6, 6.07) is 2.71. The number of carboxylic acid groups (broad SMARTS) is 1. The largest absolute Gasteiger partial charge is 0.465 e. The van der Waals surface area contributed by atoms with Gasteiger partial charge in [0.15, 0.2) is 11.5 Å². The Hall–Kier alpha value is -2.03. The predicted octanol–water partition coefficient (Wildman–Crippen LogP) is 3.95. The third kappa shape index (κ3) is 4.12. The second-order valence-electron chi connectivity index (χ2n) is 7.22. The van der Waals surface area contributed by atoms with Crippen molar-refractivity contribution < 1.29 is 24.5 Å². The molecule has 27 heavy (non-hydrogen) atoms. The van der Waals surface area contributed by atoms with Crippen molar-refractivity contribution in [3.8, 4) is 11.5 Å². The van der Waals surface area contributed by atoms with Crippen LogP contribution in [-0.4, -0.2) is 44.6 Å². The van der Waals surface area contributed by atoms with Gasteiger partial charge in [0.2, 0.25) is 6.79 Å². The maximum absolute atomic E-state index is 12.0. The lowest BCUT2D eigenvalue weighted by atomic mass is 9.94. The normalized spacial score (nSPS) is 15.4. The van der Waals surface area contributed by atoms with Crippen LogP contribution >= 0.6 is 22.9 Å². The lowest BCUT2D eigenvalue weighted by Crippen LogP contribution is -2.54. The maximum atomic E-state index is 12.0. The highest BCUT2D eigenvalue weighted by molar-refractivity contribution is 7.09. The summed E-state index contributed by atoms with van der Waals surface area (Å²) >= 11 is 7.54. The summed E-state index contributed by atoms with van der Waals surface area (Å²) in [6.45, 7) is 5.45. The molecule has 0 unspecified atom stereocenters. The molecule has 1 aliphatic rings. The van der Waals surface area contributed by atoms with Gasteiger partial charge in [0, 0.05) is 17.1 Å². The van der Waals surface area contributed by atoms with Crippen LogP contribution in [-0.2, 0) is 6.42 Å². The lowest BCUT2D eigenvalue weighted by Gasteiger charge is -2.41. The van der Waals surface area contributed by atoms with Gasteiger partial charge in [0.25, 0.3) is 0 Å². The highest BCUT2D eigenvalue weighted by atomic mass is 35.5. The van der Waals surface area contributed by atoms with E-state index in [0.29, 0.717) is 21.5 Å². The number of halogens is 1. The van der Waals surface area contributed by atoms with E-state index in [1.165, 1.54) is 16.2 Å². The van der Waals surface area contributed by atoms with E-state index < -0.39 is 23.8 Å². The van der Waals surface area contributed by atoms with Gasteiger partial charge in [0.1, 0.15) is 11.1 Å². The molecule has 1 aromatic carbocycles. The first-order valence-corrected chi connectivity index (χ1v) is 9.62. The number of hydrogen-bond donors (Lipinski definition) is 2. The number of hydrogen-bond acceptors (Lipinski definition) is 6. The van der Waals surface area contributed by atoms with Gasteiger partial charge in [-0.05, 0) is 44.9 Å². The van der Waals surface area contributed by atoms with Gasteiger partial charge < -0.3 is 19.7 Å². The highest BCUT2D eigenvalue weighted by Gasteiger charge is 2.39. The number of carbonyl (C=O) groups is 1. The third-order valence-corrected chi connectivity index (χ3v) is 5.39. The van der Waals surface area contributed by atoms with Gasteiger partial charge in [0.05, 0.1) is 11.1 Å². The van der Waals surface area contributed by atoms with Crippen LogP contribution in [0.25, 0.3) is 0 Å². The van der Waals surface area contributed by atoms with Crippen molar-refractivity contribution in [3.05, 3.63) is 39.3 Å². The Kier molecular flexibility index (Phi) is 5.50. The smallest absolute Gasteiger partial charge is 0.408 e. The Morgan fingerprint density at radius 2 is 2.15 bits per heavy atom. The van der Waals surface area contributed by atoms with Crippen LogP contribution in [0.5, 0.6) is 11.5 Å². The van der Waals surface area contributed by atoms with Gasteiger partial charge in [-0.2, -0.15) is 0 Å². The van der Waals surface area contributed by atoms with Gasteiger partial charge in [-0.1, -0.05) is 11.6 Å². The van der Waals surface area contributed by atoms with Crippen LogP contribution < -0.4 is 9.47 Å². The van der Waals surface area contributed by atoms with E-state index in [1.807, 2.05) is 0 Å². The number of fused-ring (bicyclic) bond motifs is 1. The quantitative estimate of drug-likeness (QED) is 0.772. The van der Waals surface area contributed by atoms with Crippen LogP contribution in [0.2, 0.25) is 5.02 Å². The van der Waals surface area contributed by atoms with Crippen LogP contribution in [0.15, 0.2) is 23.7 Å². The summed E-state index contributed by atoms with van der Waals surface area (Å²) in [5, 5.41) is 23.4. The average Bonchev–Trinajstić information content (AvgIpc) is 3.23. The van der Waals surface area contributed by atoms with Crippen LogP contribution in [0, 0.1) is 0 Å². The SMILES string of the molecule is CC(C)(C)N(C(=O)O)[C@@H](Cc1cc(Cl)c2c(c1)OCO2)[C@H](O)c1nccs1. The summed E-state index contributed by atoms with van der Waals surface area (Å²) < 4.78 is 10.7. The molecule has 7 nitrogen and oxygen atoms in total. The van der Waals surface area contributed by atoms with Crippen molar-refractivity contribution in [2.24, 2.45) is 0 Å². The first kappa shape index (κ1) is 19.7. The molecule has 2 aromatic rings. The number of thiazole rings is 1. The summed E-state index contributed by atoms with van der Waals surface area (Å²) in [6.07, 6.45) is -0.375. The Labute approximate surface area is 166 Å². The van der Waals surface area contributed by atoms with E-state index in [4.69, 9.17) is 21.1 Å². The number of rotatable bonds is 5. The number of aromatic nitrogens is 1. The molecule has 146 valence electrons. The lowest BCUT2D eigenvalue weighted by molar-refractivity contribution is 0.00635. The number of benzene rings is 1. The van der Waals surface area contributed by atoms with Crippen LogP contribution in [0.1, 0.15) is 37.4 Å². The molecule has 9 heteroatoms. The third-order valence-electron chi connectivity index (χ3n) is 4.26. The molecule has 2 heterocycles. The summed E-state index contributed by atoms with van der Waals surface area (Å²) in [5.74, 6) is 0.987. The molecule has 0 bridgehead atoms. The van der Waals surface area contributed by atoms with E-state index in [9.17, 15) is 15.0 Å². The molecule has 0 radical (unpaired) electrons. The van der Waals surface area contributed by atoms with E-state index in [2.05, 4.69) is 4.98 Å². The minimum atomic E-state index is -1.12. The minimum Gasteiger partial charge on any atom is -0.465 e. The van der Waals surface area contributed by atoms with Crippen molar-refractivity contribution in [1.82, 2.24) is 9.88 Å².